The number of amides is 1. The monoisotopic (exact) mass is 792 g/mol. The molecule has 4 atom stereocenters. The van der Waals surface area contributed by atoms with Crippen molar-refractivity contribution in [2.45, 2.75) is 282 Å². The fourth-order valence-corrected chi connectivity index (χ4v) is 7.74. The SMILES string of the molecule is CCCCCCCC/C=C\C/C=C\CC(O)C(=O)NC(CO)C(O)C(O)CCCCCCCCCCCCCCCCCCCCCCCCCCCCCC. The van der Waals surface area contributed by atoms with E-state index in [1.54, 1.807) is 6.08 Å². The molecule has 0 heterocycles. The van der Waals surface area contributed by atoms with Gasteiger partial charge in [0.25, 0.3) is 0 Å². The smallest absolute Gasteiger partial charge is 0.249 e. The van der Waals surface area contributed by atoms with Crippen molar-refractivity contribution in [1.82, 2.24) is 5.32 Å². The predicted molar refractivity (Wildman–Crippen MR) is 242 cm³/mol. The van der Waals surface area contributed by atoms with Gasteiger partial charge >= 0.3 is 0 Å². The fourth-order valence-electron chi connectivity index (χ4n) is 7.74. The van der Waals surface area contributed by atoms with Crippen LogP contribution in [0.15, 0.2) is 24.3 Å². The van der Waals surface area contributed by atoms with Crippen molar-refractivity contribution in [3.05, 3.63) is 24.3 Å². The van der Waals surface area contributed by atoms with E-state index < -0.39 is 36.9 Å². The van der Waals surface area contributed by atoms with Gasteiger partial charge in [0.1, 0.15) is 12.2 Å². The van der Waals surface area contributed by atoms with Gasteiger partial charge in [-0.2, -0.15) is 0 Å². The molecule has 0 aromatic carbocycles. The van der Waals surface area contributed by atoms with Crippen LogP contribution in [-0.4, -0.2) is 57.3 Å². The summed E-state index contributed by atoms with van der Waals surface area (Å²) in [6, 6.07) is -1.01. The largest absolute Gasteiger partial charge is 0.394 e. The number of aliphatic hydroxyl groups excluding tert-OH is 4. The van der Waals surface area contributed by atoms with E-state index in [4.69, 9.17) is 0 Å². The Labute approximate surface area is 348 Å². The Morgan fingerprint density at radius 2 is 0.804 bits per heavy atom. The molecule has 56 heavy (non-hydrogen) atoms. The Morgan fingerprint density at radius 1 is 0.464 bits per heavy atom. The summed E-state index contributed by atoms with van der Waals surface area (Å²) in [4.78, 5) is 12.5. The summed E-state index contributed by atoms with van der Waals surface area (Å²) in [6.07, 6.45) is 52.6. The standard InChI is InChI=1S/C50H97NO5/c1-3-5-7-9-11-13-15-17-18-19-20-21-22-23-24-25-26-27-28-29-30-31-32-34-35-37-39-41-43-47(53)49(55)46(45-52)51-50(56)48(54)44-42-40-38-36-33-16-14-12-10-8-6-4-2/h33,36,40,42,46-49,52-55H,3-32,34-35,37-39,41,43-45H2,1-2H3,(H,51,56)/b36-33-,42-40-. The zero-order valence-electron chi connectivity index (χ0n) is 37.4. The van der Waals surface area contributed by atoms with E-state index in [2.05, 4.69) is 31.3 Å². The van der Waals surface area contributed by atoms with Crippen molar-refractivity contribution in [3.8, 4) is 0 Å². The average Bonchev–Trinajstić information content (AvgIpc) is 3.20. The maximum Gasteiger partial charge on any atom is 0.249 e. The second kappa shape index (κ2) is 44.9. The summed E-state index contributed by atoms with van der Waals surface area (Å²) >= 11 is 0. The molecule has 6 nitrogen and oxygen atoms in total. The van der Waals surface area contributed by atoms with Gasteiger partial charge < -0.3 is 25.7 Å². The van der Waals surface area contributed by atoms with Gasteiger partial charge in [-0.15, -0.1) is 0 Å². The van der Waals surface area contributed by atoms with E-state index in [0.29, 0.717) is 6.42 Å². The Kier molecular flexibility index (Phi) is 43.9. The Hall–Kier alpha value is -1.21. The van der Waals surface area contributed by atoms with Crippen molar-refractivity contribution in [2.75, 3.05) is 6.61 Å². The summed E-state index contributed by atoms with van der Waals surface area (Å²) in [7, 11) is 0. The van der Waals surface area contributed by atoms with Gasteiger partial charge in [-0.3, -0.25) is 4.79 Å². The molecule has 0 rings (SSSR count). The number of carbonyl (C=O) groups is 1. The summed E-state index contributed by atoms with van der Waals surface area (Å²) in [5, 5.41) is 43.6. The maximum atomic E-state index is 12.5. The zero-order valence-corrected chi connectivity index (χ0v) is 37.4. The molecular formula is C50H97NO5. The number of aliphatic hydroxyl groups is 4. The minimum atomic E-state index is -1.28. The van der Waals surface area contributed by atoms with Gasteiger partial charge in [0, 0.05) is 6.42 Å². The molecule has 0 aromatic heterocycles. The van der Waals surface area contributed by atoms with E-state index in [-0.39, 0.29) is 6.42 Å². The average molecular weight is 792 g/mol. The number of carbonyl (C=O) groups excluding carboxylic acids is 1. The first-order valence-corrected chi connectivity index (χ1v) is 24.7. The Balaban J connectivity index is 3.62. The van der Waals surface area contributed by atoms with Crippen LogP contribution in [0.1, 0.15) is 258 Å². The van der Waals surface area contributed by atoms with Crippen molar-refractivity contribution in [2.24, 2.45) is 0 Å². The molecule has 0 bridgehead atoms. The lowest BCUT2D eigenvalue weighted by Crippen LogP contribution is -2.53. The second-order valence-electron chi connectivity index (χ2n) is 17.2. The minimum Gasteiger partial charge on any atom is -0.394 e. The highest BCUT2D eigenvalue weighted by molar-refractivity contribution is 5.81. The van der Waals surface area contributed by atoms with Crippen LogP contribution in [0.25, 0.3) is 0 Å². The van der Waals surface area contributed by atoms with E-state index >= 15 is 0 Å². The quantitative estimate of drug-likeness (QED) is 0.0312. The number of allylic oxidation sites excluding steroid dienone is 3. The summed E-state index contributed by atoms with van der Waals surface area (Å²) < 4.78 is 0. The van der Waals surface area contributed by atoms with Crippen molar-refractivity contribution in [1.29, 1.82) is 0 Å². The molecule has 6 heteroatoms. The first-order valence-electron chi connectivity index (χ1n) is 24.7. The predicted octanol–water partition coefficient (Wildman–Crippen LogP) is 13.5. The van der Waals surface area contributed by atoms with Crippen LogP contribution in [0, 0.1) is 0 Å². The summed E-state index contributed by atoms with van der Waals surface area (Å²) in [5.74, 6) is -0.649. The zero-order chi connectivity index (χ0) is 41.0. The van der Waals surface area contributed by atoms with Crippen LogP contribution >= 0.6 is 0 Å². The maximum absolute atomic E-state index is 12.5. The number of hydrogen-bond donors (Lipinski definition) is 5. The van der Waals surface area contributed by atoms with Crippen LogP contribution in [-0.2, 0) is 4.79 Å². The number of unbranched alkanes of at least 4 members (excludes halogenated alkanes) is 33. The molecule has 0 saturated carbocycles. The lowest BCUT2D eigenvalue weighted by atomic mass is 9.99. The van der Waals surface area contributed by atoms with Gasteiger partial charge in [-0.1, -0.05) is 250 Å². The molecule has 0 aliphatic heterocycles. The van der Waals surface area contributed by atoms with Gasteiger partial charge in [0.2, 0.25) is 5.91 Å². The highest BCUT2D eigenvalue weighted by Gasteiger charge is 2.28. The number of hydrogen-bond acceptors (Lipinski definition) is 5. The third-order valence-electron chi connectivity index (χ3n) is 11.7. The van der Waals surface area contributed by atoms with Gasteiger partial charge in [-0.25, -0.2) is 0 Å². The van der Waals surface area contributed by atoms with Gasteiger partial charge in [0.05, 0.1) is 18.8 Å². The van der Waals surface area contributed by atoms with Gasteiger partial charge in [0.15, 0.2) is 0 Å². The molecule has 0 fully saturated rings. The van der Waals surface area contributed by atoms with Crippen molar-refractivity contribution < 1.29 is 25.2 Å². The Morgan fingerprint density at radius 3 is 1.18 bits per heavy atom. The molecular weight excluding hydrogens is 695 g/mol. The van der Waals surface area contributed by atoms with Gasteiger partial charge in [-0.05, 0) is 25.7 Å². The highest BCUT2D eigenvalue weighted by Crippen LogP contribution is 2.17. The fraction of sp³-hybridized carbons (Fsp3) is 0.900. The van der Waals surface area contributed by atoms with Crippen LogP contribution in [0.2, 0.25) is 0 Å². The number of rotatable bonds is 45. The molecule has 0 aliphatic carbocycles. The van der Waals surface area contributed by atoms with E-state index in [1.807, 2.05) is 6.08 Å². The molecule has 0 aromatic rings. The molecule has 1 amide bonds. The molecule has 0 spiro atoms. The molecule has 0 saturated heterocycles. The number of nitrogens with one attached hydrogen (secondary N) is 1. The molecule has 0 radical (unpaired) electrons. The third kappa shape index (κ3) is 38.3. The highest BCUT2D eigenvalue weighted by atomic mass is 16.3. The van der Waals surface area contributed by atoms with E-state index in [9.17, 15) is 25.2 Å². The molecule has 5 N–H and O–H groups in total. The summed E-state index contributed by atoms with van der Waals surface area (Å²) in [6.45, 7) is 4.02. The molecule has 0 aliphatic rings. The van der Waals surface area contributed by atoms with Crippen molar-refractivity contribution in [3.63, 3.8) is 0 Å². The molecule has 332 valence electrons. The third-order valence-corrected chi connectivity index (χ3v) is 11.7. The van der Waals surface area contributed by atoms with E-state index in [1.165, 1.54) is 199 Å². The van der Waals surface area contributed by atoms with Crippen LogP contribution < -0.4 is 5.32 Å². The van der Waals surface area contributed by atoms with E-state index in [0.717, 1.165) is 32.1 Å². The lowest BCUT2D eigenvalue weighted by Gasteiger charge is -2.27. The minimum absolute atomic E-state index is 0.160. The van der Waals surface area contributed by atoms with Crippen molar-refractivity contribution >= 4 is 5.91 Å². The molecule has 4 unspecified atom stereocenters. The first-order chi connectivity index (χ1) is 27.5. The van der Waals surface area contributed by atoms with Crippen LogP contribution in [0.5, 0.6) is 0 Å². The topological polar surface area (TPSA) is 110 Å². The van der Waals surface area contributed by atoms with Crippen LogP contribution in [0.4, 0.5) is 0 Å². The Bertz CT molecular complexity index is 847. The first kappa shape index (κ1) is 54.8. The second-order valence-corrected chi connectivity index (χ2v) is 17.2. The summed E-state index contributed by atoms with van der Waals surface area (Å²) in [5.41, 5.74) is 0. The normalized spacial score (nSPS) is 14.2. The van der Waals surface area contributed by atoms with Crippen LogP contribution in [0.3, 0.4) is 0 Å². The lowest BCUT2D eigenvalue weighted by molar-refractivity contribution is -0.132.